The number of hydrogen-bond acceptors (Lipinski definition) is 4. The third kappa shape index (κ3) is 2.38. The van der Waals surface area contributed by atoms with Crippen LogP contribution in [0.1, 0.15) is 27.4 Å². The highest BCUT2D eigenvalue weighted by molar-refractivity contribution is 7.12. The SMILES string of the molecule is COc1ccc(C(=O)c2scnc2C(F)F)cc1. The van der Waals surface area contributed by atoms with E-state index in [9.17, 15) is 13.6 Å². The standard InChI is InChI=1S/C12H9F2NO2S/c1-17-8-4-2-7(3-5-8)10(16)11-9(12(13)14)15-6-18-11/h2-6,12H,1H3. The Morgan fingerprint density at radius 2 is 2.00 bits per heavy atom. The molecule has 0 radical (unpaired) electrons. The predicted molar refractivity (Wildman–Crippen MR) is 63.5 cm³/mol. The van der Waals surface area contributed by atoms with Crippen LogP contribution in [0.5, 0.6) is 5.75 Å². The van der Waals surface area contributed by atoms with Crippen molar-refractivity contribution in [3.8, 4) is 5.75 Å². The van der Waals surface area contributed by atoms with E-state index in [2.05, 4.69) is 4.98 Å². The van der Waals surface area contributed by atoms with E-state index in [1.807, 2.05) is 0 Å². The number of rotatable bonds is 4. The maximum atomic E-state index is 12.6. The number of alkyl halides is 2. The first-order chi connectivity index (χ1) is 8.63. The number of nitrogens with zero attached hydrogens (tertiary/aromatic N) is 1. The second kappa shape index (κ2) is 5.22. The fourth-order valence-electron chi connectivity index (χ4n) is 1.45. The van der Waals surface area contributed by atoms with Crippen molar-refractivity contribution in [3.63, 3.8) is 0 Å². The van der Waals surface area contributed by atoms with Crippen LogP contribution in [0.25, 0.3) is 0 Å². The molecular weight excluding hydrogens is 260 g/mol. The van der Waals surface area contributed by atoms with Crippen molar-refractivity contribution in [2.24, 2.45) is 0 Å². The molecule has 0 bridgehead atoms. The number of hydrogen-bond donors (Lipinski definition) is 0. The van der Waals surface area contributed by atoms with Crippen LogP contribution in [-0.2, 0) is 0 Å². The van der Waals surface area contributed by atoms with Crippen LogP contribution in [0.3, 0.4) is 0 Å². The smallest absolute Gasteiger partial charge is 0.281 e. The zero-order chi connectivity index (χ0) is 13.1. The number of thiazole rings is 1. The minimum atomic E-state index is -2.74. The lowest BCUT2D eigenvalue weighted by atomic mass is 10.1. The number of methoxy groups -OCH3 is 1. The van der Waals surface area contributed by atoms with Crippen molar-refractivity contribution in [2.75, 3.05) is 7.11 Å². The highest BCUT2D eigenvalue weighted by atomic mass is 32.1. The average Bonchev–Trinajstić information content (AvgIpc) is 2.87. The number of carbonyl (C=O) groups is 1. The Morgan fingerprint density at radius 3 is 2.56 bits per heavy atom. The Hall–Kier alpha value is -1.82. The third-order valence-corrected chi connectivity index (χ3v) is 3.20. The van der Waals surface area contributed by atoms with Gasteiger partial charge in [-0.15, -0.1) is 11.3 Å². The van der Waals surface area contributed by atoms with Crippen molar-refractivity contribution >= 4 is 17.1 Å². The van der Waals surface area contributed by atoms with Crippen LogP contribution in [0, 0.1) is 0 Å². The van der Waals surface area contributed by atoms with Crippen LogP contribution in [0.2, 0.25) is 0 Å². The Balaban J connectivity index is 2.32. The molecule has 1 heterocycles. The zero-order valence-corrected chi connectivity index (χ0v) is 10.2. The van der Waals surface area contributed by atoms with Crippen molar-refractivity contribution < 1.29 is 18.3 Å². The van der Waals surface area contributed by atoms with Crippen molar-refractivity contribution in [1.29, 1.82) is 0 Å². The Morgan fingerprint density at radius 1 is 1.33 bits per heavy atom. The van der Waals surface area contributed by atoms with Crippen LogP contribution < -0.4 is 4.74 Å². The maximum Gasteiger partial charge on any atom is 0.281 e. The fraction of sp³-hybridized carbons (Fsp3) is 0.167. The van der Waals surface area contributed by atoms with E-state index in [0.29, 0.717) is 11.3 Å². The Labute approximate surface area is 106 Å². The topological polar surface area (TPSA) is 39.2 Å². The maximum absolute atomic E-state index is 12.6. The summed E-state index contributed by atoms with van der Waals surface area (Å²) in [7, 11) is 1.51. The summed E-state index contributed by atoms with van der Waals surface area (Å²) >= 11 is 0.919. The largest absolute Gasteiger partial charge is 0.497 e. The number of carbonyl (C=O) groups excluding carboxylic acids is 1. The van der Waals surface area contributed by atoms with Crippen LogP contribution >= 0.6 is 11.3 Å². The molecule has 0 fully saturated rings. The Bertz CT molecular complexity index is 551. The minimum absolute atomic E-state index is 0.0184. The molecule has 2 rings (SSSR count). The van der Waals surface area contributed by atoms with Gasteiger partial charge in [0.05, 0.1) is 12.6 Å². The van der Waals surface area contributed by atoms with Gasteiger partial charge in [-0.1, -0.05) is 0 Å². The summed E-state index contributed by atoms with van der Waals surface area (Å²) in [5, 5.41) is 0. The first-order valence-electron chi connectivity index (χ1n) is 5.03. The van der Waals surface area contributed by atoms with E-state index in [1.165, 1.54) is 24.8 Å². The van der Waals surface area contributed by atoms with E-state index in [1.54, 1.807) is 12.1 Å². The molecule has 6 heteroatoms. The molecule has 0 unspecified atom stereocenters. The molecule has 0 saturated heterocycles. The number of ether oxygens (including phenoxy) is 1. The molecule has 18 heavy (non-hydrogen) atoms. The summed E-state index contributed by atoms with van der Waals surface area (Å²) in [5.41, 5.74) is 1.13. The molecular formula is C12H9F2NO2S. The molecule has 3 nitrogen and oxygen atoms in total. The highest BCUT2D eigenvalue weighted by Crippen LogP contribution is 2.27. The second-order valence-electron chi connectivity index (χ2n) is 3.43. The zero-order valence-electron chi connectivity index (χ0n) is 9.39. The quantitative estimate of drug-likeness (QED) is 0.799. The second-order valence-corrected chi connectivity index (χ2v) is 4.28. The molecule has 0 aliphatic rings. The van der Waals surface area contributed by atoms with Gasteiger partial charge in [-0.2, -0.15) is 0 Å². The van der Waals surface area contributed by atoms with Crippen molar-refractivity contribution in [1.82, 2.24) is 4.98 Å². The number of benzene rings is 1. The molecule has 0 atom stereocenters. The van der Waals surface area contributed by atoms with Gasteiger partial charge < -0.3 is 4.74 Å². The summed E-state index contributed by atoms with van der Waals surface area (Å²) in [6.45, 7) is 0. The molecule has 0 saturated carbocycles. The summed E-state index contributed by atoms with van der Waals surface area (Å²) in [5.74, 6) is 0.153. The molecule has 0 amide bonds. The minimum Gasteiger partial charge on any atom is -0.497 e. The Kier molecular flexibility index (Phi) is 3.66. The lowest BCUT2D eigenvalue weighted by Crippen LogP contribution is -2.03. The first kappa shape index (κ1) is 12.6. The van der Waals surface area contributed by atoms with Gasteiger partial charge in [0.25, 0.3) is 6.43 Å². The number of ketones is 1. The molecule has 0 spiro atoms. The van der Waals surface area contributed by atoms with Crippen LogP contribution in [-0.4, -0.2) is 17.9 Å². The lowest BCUT2D eigenvalue weighted by Gasteiger charge is -2.03. The van der Waals surface area contributed by atoms with Crippen molar-refractivity contribution in [2.45, 2.75) is 6.43 Å². The number of halogens is 2. The molecule has 0 aliphatic carbocycles. The van der Waals surface area contributed by atoms with Gasteiger partial charge in [0, 0.05) is 5.56 Å². The highest BCUT2D eigenvalue weighted by Gasteiger charge is 2.22. The summed E-state index contributed by atoms with van der Waals surface area (Å²) in [6, 6.07) is 6.29. The molecule has 94 valence electrons. The van der Waals surface area contributed by atoms with Gasteiger partial charge >= 0.3 is 0 Å². The van der Waals surface area contributed by atoms with E-state index in [4.69, 9.17) is 4.74 Å². The van der Waals surface area contributed by atoms with Crippen LogP contribution in [0.15, 0.2) is 29.8 Å². The molecule has 0 aliphatic heterocycles. The van der Waals surface area contributed by atoms with Gasteiger partial charge in [-0.3, -0.25) is 4.79 Å². The molecule has 2 aromatic rings. The van der Waals surface area contributed by atoms with Crippen molar-refractivity contribution in [3.05, 3.63) is 45.9 Å². The van der Waals surface area contributed by atoms with Gasteiger partial charge in [0.2, 0.25) is 5.78 Å². The van der Waals surface area contributed by atoms with E-state index in [-0.39, 0.29) is 4.88 Å². The van der Waals surface area contributed by atoms with E-state index < -0.39 is 17.9 Å². The normalized spacial score (nSPS) is 10.7. The summed E-state index contributed by atoms with van der Waals surface area (Å²) in [6.07, 6.45) is -2.74. The molecule has 0 N–H and O–H groups in total. The predicted octanol–water partition coefficient (Wildman–Crippen LogP) is 3.32. The first-order valence-corrected chi connectivity index (χ1v) is 5.91. The van der Waals surface area contributed by atoms with E-state index in [0.717, 1.165) is 11.3 Å². The summed E-state index contributed by atoms with van der Waals surface area (Å²) < 4.78 is 30.2. The van der Waals surface area contributed by atoms with Gasteiger partial charge in [0.15, 0.2) is 0 Å². The monoisotopic (exact) mass is 269 g/mol. The van der Waals surface area contributed by atoms with Gasteiger partial charge in [-0.05, 0) is 24.3 Å². The van der Waals surface area contributed by atoms with Gasteiger partial charge in [-0.25, -0.2) is 13.8 Å². The molecule has 1 aromatic carbocycles. The van der Waals surface area contributed by atoms with Crippen LogP contribution in [0.4, 0.5) is 8.78 Å². The fourth-order valence-corrected chi connectivity index (χ4v) is 2.21. The third-order valence-electron chi connectivity index (χ3n) is 2.36. The number of aromatic nitrogens is 1. The molecule has 1 aromatic heterocycles. The lowest BCUT2D eigenvalue weighted by molar-refractivity contribution is 0.102. The van der Waals surface area contributed by atoms with E-state index >= 15 is 0 Å². The van der Waals surface area contributed by atoms with Gasteiger partial charge in [0.1, 0.15) is 16.3 Å². The summed E-state index contributed by atoms with van der Waals surface area (Å²) in [4.78, 5) is 15.5. The average molecular weight is 269 g/mol.